The fourth-order valence-electron chi connectivity index (χ4n) is 2.14. The normalized spacial score (nSPS) is 11.1. The number of hydrogen-bond acceptors (Lipinski definition) is 3. The summed E-state index contributed by atoms with van der Waals surface area (Å²) in [4.78, 5) is 23.6. The van der Waals surface area contributed by atoms with E-state index >= 15 is 0 Å². The van der Waals surface area contributed by atoms with Crippen molar-refractivity contribution in [1.29, 1.82) is 0 Å². The van der Waals surface area contributed by atoms with Gasteiger partial charge in [0.05, 0.1) is 0 Å². The first-order valence-electron chi connectivity index (χ1n) is 6.11. The predicted molar refractivity (Wildman–Crippen MR) is 73.1 cm³/mol. The highest BCUT2D eigenvalue weighted by Gasteiger charge is 2.11. The largest absolute Gasteiger partial charge is 0.325 e. The van der Waals surface area contributed by atoms with Gasteiger partial charge in [0, 0.05) is 13.5 Å². The van der Waals surface area contributed by atoms with Crippen molar-refractivity contribution in [2.45, 2.75) is 13.3 Å². The van der Waals surface area contributed by atoms with E-state index < -0.39 is 0 Å². The highest BCUT2D eigenvalue weighted by molar-refractivity contribution is 5.70. The van der Waals surface area contributed by atoms with Gasteiger partial charge in [-0.05, 0) is 12.5 Å². The maximum atomic E-state index is 12.1. The van der Waals surface area contributed by atoms with Crippen molar-refractivity contribution in [3.05, 3.63) is 57.9 Å². The molecule has 2 heterocycles. The lowest BCUT2D eigenvalue weighted by Crippen LogP contribution is -2.14. The van der Waals surface area contributed by atoms with Gasteiger partial charge in [0.2, 0.25) is 0 Å². The molecule has 0 aliphatic carbocycles. The second-order valence-electron chi connectivity index (χ2n) is 4.57. The van der Waals surface area contributed by atoms with Gasteiger partial charge in [-0.2, -0.15) is 0 Å². The maximum Gasteiger partial charge on any atom is 0.277 e. The van der Waals surface area contributed by atoms with E-state index in [1.165, 1.54) is 0 Å². The zero-order valence-electron chi connectivity index (χ0n) is 10.8. The zero-order chi connectivity index (χ0) is 13.4. The molecule has 96 valence electrons. The van der Waals surface area contributed by atoms with Gasteiger partial charge in [-0.25, -0.2) is 9.97 Å². The number of aryl methyl sites for hydroxylation is 2. The first kappa shape index (κ1) is 11.6. The number of aromatic amines is 1. The third-order valence-electron chi connectivity index (χ3n) is 3.23. The molecule has 0 amide bonds. The van der Waals surface area contributed by atoms with Gasteiger partial charge in [0.25, 0.3) is 5.56 Å². The molecule has 0 saturated carbocycles. The second kappa shape index (κ2) is 4.35. The molecule has 0 aliphatic heterocycles. The van der Waals surface area contributed by atoms with E-state index in [9.17, 15) is 4.79 Å². The molecule has 5 nitrogen and oxygen atoms in total. The van der Waals surface area contributed by atoms with E-state index in [0.29, 0.717) is 23.4 Å². The number of nitrogens with zero attached hydrogens (tertiary/aromatic N) is 3. The molecule has 0 saturated heterocycles. The Kier molecular flexibility index (Phi) is 2.67. The van der Waals surface area contributed by atoms with Crippen LogP contribution in [0.5, 0.6) is 0 Å². The highest BCUT2D eigenvalue weighted by Crippen LogP contribution is 2.09. The van der Waals surface area contributed by atoms with Crippen molar-refractivity contribution < 1.29 is 0 Å². The number of hydrogen-bond donors (Lipinski definition) is 1. The molecule has 1 N–H and O–H groups in total. The number of aromatic nitrogens is 4. The molecule has 0 unspecified atom stereocenters. The van der Waals surface area contributed by atoms with Crippen molar-refractivity contribution in [2.75, 3.05) is 0 Å². The lowest BCUT2D eigenvalue weighted by atomic mass is 10.1. The SMILES string of the molecule is Cc1nc2nc(Cc3ccccc3)[nH]c(=O)c2n1C. The molecule has 0 fully saturated rings. The van der Waals surface area contributed by atoms with E-state index in [0.717, 1.165) is 11.4 Å². The summed E-state index contributed by atoms with van der Waals surface area (Å²) in [6, 6.07) is 9.92. The number of H-pyrrole nitrogens is 1. The van der Waals surface area contributed by atoms with Crippen molar-refractivity contribution >= 4 is 11.2 Å². The van der Waals surface area contributed by atoms with Gasteiger partial charge in [-0.15, -0.1) is 0 Å². The van der Waals surface area contributed by atoms with Gasteiger partial charge in [0.15, 0.2) is 11.2 Å². The lowest BCUT2D eigenvalue weighted by molar-refractivity contribution is 0.877. The van der Waals surface area contributed by atoms with Crippen molar-refractivity contribution in [2.24, 2.45) is 7.05 Å². The van der Waals surface area contributed by atoms with E-state index in [4.69, 9.17) is 0 Å². The summed E-state index contributed by atoms with van der Waals surface area (Å²) in [5.41, 5.74) is 2.00. The van der Waals surface area contributed by atoms with E-state index in [1.807, 2.05) is 44.3 Å². The van der Waals surface area contributed by atoms with Crippen LogP contribution in [0.1, 0.15) is 17.2 Å². The van der Waals surface area contributed by atoms with Crippen LogP contribution in [0.3, 0.4) is 0 Å². The third kappa shape index (κ3) is 2.03. The van der Waals surface area contributed by atoms with Crippen molar-refractivity contribution in [3.8, 4) is 0 Å². The van der Waals surface area contributed by atoms with Crippen LogP contribution in [-0.4, -0.2) is 19.5 Å². The average molecular weight is 254 g/mol. The first-order valence-corrected chi connectivity index (χ1v) is 6.11. The summed E-state index contributed by atoms with van der Waals surface area (Å²) >= 11 is 0. The number of fused-ring (bicyclic) bond motifs is 1. The van der Waals surface area contributed by atoms with Crippen LogP contribution in [0.25, 0.3) is 11.2 Å². The fraction of sp³-hybridized carbons (Fsp3) is 0.214. The molecule has 19 heavy (non-hydrogen) atoms. The van der Waals surface area contributed by atoms with E-state index in [1.54, 1.807) is 4.57 Å². The quantitative estimate of drug-likeness (QED) is 0.754. The van der Waals surface area contributed by atoms with Gasteiger partial charge in [-0.3, -0.25) is 4.79 Å². The van der Waals surface area contributed by atoms with Crippen molar-refractivity contribution in [1.82, 2.24) is 19.5 Å². The van der Waals surface area contributed by atoms with Crippen LogP contribution in [0.2, 0.25) is 0 Å². The number of nitrogens with one attached hydrogen (secondary N) is 1. The number of benzene rings is 1. The van der Waals surface area contributed by atoms with Crippen LogP contribution in [0.4, 0.5) is 0 Å². The summed E-state index contributed by atoms with van der Waals surface area (Å²) in [6.07, 6.45) is 0.599. The molecule has 1 aromatic carbocycles. The Balaban J connectivity index is 2.09. The standard InChI is InChI=1S/C14H14N4O/c1-9-15-13-12(18(9)2)14(19)17-11(16-13)8-10-6-4-3-5-7-10/h3-7H,8H2,1-2H3,(H,16,17,19). The Morgan fingerprint density at radius 3 is 2.68 bits per heavy atom. The minimum absolute atomic E-state index is 0.140. The van der Waals surface area contributed by atoms with Crippen LogP contribution < -0.4 is 5.56 Å². The third-order valence-corrected chi connectivity index (χ3v) is 3.23. The van der Waals surface area contributed by atoms with Gasteiger partial charge >= 0.3 is 0 Å². The first-order chi connectivity index (χ1) is 9.15. The molecule has 0 atom stereocenters. The van der Waals surface area contributed by atoms with Gasteiger partial charge in [-0.1, -0.05) is 30.3 Å². The molecular weight excluding hydrogens is 240 g/mol. The van der Waals surface area contributed by atoms with Crippen LogP contribution in [0.15, 0.2) is 35.1 Å². The number of imidazole rings is 1. The smallest absolute Gasteiger partial charge is 0.277 e. The molecule has 2 aromatic heterocycles. The van der Waals surface area contributed by atoms with Crippen LogP contribution >= 0.6 is 0 Å². The molecule has 0 bridgehead atoms. The van der Waals surface area contributed by atoms with Gasteiger partial charge in [0.1, 0.15) is 11.6 Å². The van der Waals surface area contributed by atoms with E-state index in [-0.39, 0.29) is 5.56 Å². The Hall–Kier alpha value is -2.43. The number of rotatable bonds is 2. The summed E-state index contributed by atoms with van der Waals surface area (Å²) in [5.74, 6) is 1.42. The summed E-state index contributed by atoms with van der Waals surface area (Å²) < 4.78 is 1.76. The average Bonchev–Trinajstić information content (AvgIpc) is 2.66. The van der Waals surface area contributed by atoms with Crippen LogP contribution in [0, 0.1) is 6.92 Å². The topological polar surface area (TPSA) is 63.6 Å². The summed E-state index contributed by atoms with van der Waals surface area (Å²) in [7, 11) is 1.82. The monoisotopic (exact) mass is 254 g/mol. The maximum absolute atomic E-state index is 12.1. The van der Waals surface area contributed by atoms with Gasteiger partial charge < -0.3 is 9.55 Å². The fourth-order valence-corrected chi connectivity index (χ4v) is 2.14. The Morgan fingerprint density at radius 1 is 1.21 bits per heavy atom. The Morgan fingerprint density at radius 2 is 1.95 bits per heavy atom. The zero-order valence-corrected chi connectivity index (χ0v) is 10.8. The minimum Gasteiger partial charge on any atom is -0.325 e. The Bertz CT molecular complexity index is 786. The molecule has 0 spiro atoms. The molecule has 5 heteroatoms. The lowest BCUT2D eigenvalue weighted by Gasteiger charge is -2.01. The van der Waals surface area contributed by atoms with Crippen LogP contribution in [-0.2, 0) is 13.5 Å². The predicted octanol–water partition coefficient (Wildman–Crippen LogP) is 1.56. The van der Waals surface area contributed by atoms with Crippen molar-refractivity contribution in [3.63, 3.8) is 0 Å². The molecule has 3 rings (SSSR count). The summed E-state index contributed by atoms with van der Waals surface area (Å²) in [6.45, 7) is 1.86. The minimum atomic E-state index is -0.140. The van der Waals surface area contributed by atoms with E-state index in [2.05, 4.69) is 15.0 Å². The summed E-state index contributed by atoms with van der Waals surface area (Å²) in [5, 5.41) is 0. The second-order valence-corrected chi connectivity index (χ2v) is 4.57. The molecule has 3 aromatic rings. The molecule has 0 radical (unpaired) electrons. The Labute approximate surface area is 110 Å². The highest BCUT2D eigenvalue weighted by atomic mass is 16.1. The molecule has 0 aliphatic rings. The molecular formula is C14H14N4O.